The van der Waals surface area contributed by atoms with Gasteiger partial charge in [0.25, 0.3) is 11.2 Å². The number of nitro benzene ring substituents is 1. The number of ether oxygens (including phenoxy) is 1. The molecule has 2 aromatic carbocycles. The smallest absolute Gasteiger partial charge is 0.332 e. The normalized spacial score (nSPS) is 10.6. The fraction of sp³-hybridized carbons (Fsp3) is 0.150. The van der Waals surface area contributed by atoms with E-state index in [0.717, 1.165) is 20.8 Å². The average molecular weight is 445 g/mol. The monoisotopic (exact) mass is 444 g/mol. The number of nitro groups is 1. The van der Waals surface area contributed by atoms with Crippen LogP contribution in [0.1, 0.15) is 15.9 Å². The first-order valence-corrected chi connectivity index (χ1v) is 9.31. The van der Waals surface area contributed by atoms with Gasteiger partial charge in [0.1, 0.15) is 17.1 Å². The second-order valence-corrected chi connectivity index (χ2v) is 6.97. The van der Waals surface area contributed by atoms with E-state index in [0.29, 0.717) is 0 Å². The zero-order valence-electron chi connectivity index (χ0n) is 16.3. The molecule has 3 aromatic rings. The molecule has 0 bridgehead atoms. The Labute approximate surface area is 180 Å². The third-order valence-corrected chi connectivity index (χ3v) is 4.83. The Kier molecular flexibility index (Phi) is 6.21. The Bertz CT molecular complexity index is 1280. The number of nitrogen functional groups attached to an aromatic ring is 1. The van der Waals surface area contributed by atoms with Crippen molar-refractivity contribution in [3.63, 3.8) is 0 Å². The van der Waals surface area contributed by atoms with Crippen molar-refractivity contribution in [1.29, 1.82) is 0 Å². The van der Waals surface area contributed by atoms with Gasteiger partial charge >= 0.3 is 5.69 Å². The molecule has 31 heavy (non-hydrogen) atoms. The van der Waals surface area contributed by atoms with E-state index in [2.05, 4.69) is 0 Å². The molecule has 0 saturated heterocycles. The Balaban J connectivity index is 1.91. The van der Waals surface area contributed by atoms with Crippen LogP contribution in [-0.2, 0) is 13.6 Å². The van der Waals surface area contributed by atoms with Crippen LogP contribution in [0.4, 0.5) is 11.5 Å². The first-order valence-electron chi connectivity index (χ1n) is 8.94. The predicted molar refractivity (Wildman–Crippen MR) is 114 cm³/mol. The lowest BCUT2D eigenvalue weighted by Crippen LogP contribution is -2.43. The van der Waals surface area contributed by atoms with Gasteiger partial charge in [0.05, 0.1) is 16.5 Å². The molecule has 10 nitrogen and oxygen atoms in total. The van der Waals surface area contributed by atoms with Gasteiger partial charge in [0.15, 0.2) is 6.61 Å². The third-order valence-electron chi connectivity index (χ3n) is 4.53. The van der Waals surface area contributed by atoms with E-state index < -0.39 is 34.1 Å². The summed E-state index contributed by atoms with van der Waals surface area (Å²) < 4.78 is 7.26. The van der Waals surface area contributed by atoms with Crippen molar-refractivity contribution in [2.45, 2.75) is 6.54 Å². The summed E-state index contributed by atoms with van der Waals surface area (Å²) in [7, 11) is 1.25. The molecular formula is C20H17ClN4O6. The standard InChI is InChI=1S/C20H17ClN4O6/c1-23-19(27)17(18(22)24(20(23)28)10-12-5-3-2-4-6-12)15(26)11-31-16-8-7-13(25(29)30)9-14(16)21/h2-9H,10-11,22H2,1H3. The number of non-ortho nitro benzene ring substituents is 1. The number of hydrogen-bond acceptors (Lipinski definition) is 7. The molecule has 1 aromatic heterocycles. The molecule has 0 radical (unpaired) electrons. The van der Waals surface area contributed by atoms with Crippen LogP contribution >= 0.6 is 11.6 Å². The molecule has 2 N–H and O–H groups in total. The summed E-state index contributed by atoms with van der Waals surface area (Å²) in [6.07, 6.45) is 0. The lowest BCUT2D eigenvalue weighted by Gasteiger charge is -2.15. The molecule has 0 spiro atoms. The average Bonchev–Trinajstić information content (AvgIpc) is 2.75. The van der Waals surface area contributed by atoms with Crippen LogP contribution in [0.3, 0.4) is 0 Å². The van der Waals surface area contributed by atoms with E-state index >= 15 is 0 Å². The van der Waals surface area contributed by atoms with Crippen LogP contribution in [0.25, 0.3) is 0 Å². The number of hydrogen-bond donors (Lipinski definition) is 1. The SMILES string of the molecule is Cn1c(=O)c(C(=O)COc2ccc([N+](=O)[O-])cc2Cl)c(N)n(Cc2ccccc2)c1=O. The number of aromatic nitrogens is 2. The van der Waals surface area contributed by atoms with Crippen LogP contribution in [0.2, 0.25) is 5.02 Å². The second kappa shape index (κ2) is 8.84. The quantitative estimate of drug-likeness (QED) is 0.334. The van der Waals surface area contributed by atoms with Crippen LogP contribution in [-0.4, -0.2) is 26.4 Å². The Hall–Kier alpha value is -3.92. The maximum Gasteiger partial charge on any atom is 0.332 e. The summed E-state index contributed by atoms with van der Waals surface area (Å²) in [4.78, 5) is 48.0. The van der Waals surface area contributed by atoms with Gasteiger partial charge in [-0.15, -0.1) is 0 Å². The molecule has 0 fully saturated rings. The number of nitrogens with two attached hydrogens (primary N) is 1. The predicted octanol–water partition coefficient (Wildman–Crippen LogP) is 2.00. The van der Waals surface area contributed by atoms with E-state index in [1.165, 1.54) is 19.2 Å². The molecule has 3 rings (SSSR count). The highest BCUT2D eigenvalue weighted by molar-refractivity contribution is 6.32. The number of ketones is 1. The Morgan fingerprint density at radius 1 is 1.19 bits per heavy atom. The molecule has 0 atom stereocenters. The van der Waals surface area contributed by atoms with Crippen molar-refractivity contribution in [1.82, 2.24) is 9.13 Å². The molecule has 0 unspecified atom stereocenters. The number of rotatable bonds is 7. The fourth-order valence-electron chi connectivity index (χ4n) is 2.90. The highest BCUT2D eigenvalue weighted by Crippen LogP contribution is 2.28. The zero-order valence-corrected chi connectivity index (χ0v) is 17.0. The topological polar surface area (TPSA) is 139 Å². The van der Waals surface area contributed by atoms with Crippen LogP contribution in [0.5, 0.6) is 5.75 Å². The minimum atomic E-state index is -0.852. The zero-order chi connectivity index (χ0) is 22.7. The van der Waals surface area contributed by atoms with Crippen molar-refractivity contribution in [3.05, 3.63) is 95.6 Å². The van der Waals surface area contributed by atoms with Crippen LogP contribution < -0.4 is 21.7 Å². The molecule has 0 saturated carbocycles. The van der Waals surface area contributed by atoms with Gasteiger partial charge in [-0.1, -0.05) is 41.9 Å². The summed E-state index contributed by atoms with van der Waals surface area (Å²) in [5, 5.41) is 10.7. The number of benzene rings is 2. The van der Waals surface area contributed by atoms with E-state index in [4.69, 9.17) is 22.1 Å². The maximum atomic E-state index is 12.7. The summed E-state index contributed by atoms with van der Waals surface area (Å²) in [6, 6.07) is 12.4. The van der Waals surface area contributed by atoms with E-state index in [1.807, 2.05) is 6.07 Å². The minimum Gasteiger partial charge on any atom is -0.484 e. The lowest BCUT2D eigenvalue weighted by molar-refractivity contribution is -0.384. The highest BCUT2D eigenvalue weighted by Gasteiger charge is 2.22. The van der Waals surface area contributed by atoms with Gasteiger partial charge in [-0.05, 0) is 11.6 Å². The van der Waals surface area contributed by atoms with Gasteiger partial charge < -0.3 is 10.5 Å². The molecular weight excluding hydrogens is 428 g/mol. The highest BCUT2D eigenvalue weighted by atomic mass is 35.5. The molecule has 0 aliphatic heterocycles. The number of carbonyl (C=O) groups is 1. The van der Waals surface area contributed by atoms with Crippen molar-refractivity contribution in [2.24, 2.45) is 7.05 Å². The second-order valence-electron chi connectivity index (χ2n) is 6.56. The van der Waals surface area contributed by atoms with Crippen LogP contribution in [0, 0.1) is 10.1 Å². The summed E-state index contributed by atoms with van der Waals surface area (Å²) >= 11 is 5.95. The summed E-state index contributed by atoms with van der Waals surface area (Å²) in [5.74, 6) is -1.02. The lowest BCUT2D eigenvalue weighted by atomic mass is 10.2. The third kappa shape index (κ3) is 4.48. The molecule has 160 valence electrons. The van der Waals surface area contributed by atoms with Gasteiger partial charge in [-0.3, -0.25) is 28.8 Å². The summed E-state index contributed by atoms with van der Waals surface area (Å²) in [5.41, 5.74) is 4.63. The number of Topliss-reactive ketones (excluding diaryl/α,β-unsaturated/α-hetero) is 1. The van der Waals surface area contributed by atoms with Crippen molar-refractivity contribution in [3.8, 4) is 5.75 Å². The number of carbonyl (C=O) groups excluding carboxylic acids is 1. The van der Waals surface area contributed by atoms with Crippen LogP contribution in [0.15, 0.2) is 58.1 Å². The van der Waals surface area contributed by atoms with Crippen molar-refractivity contribution in [2.75, 3.05) is 12.3 Å². The number of halogens is 1. The molecule has 1 heterocycles. The van der Waals surface area contributed by atoms with Crippen molar-refractivity contribution >= 4 is 28.9 Å². The molecule has 11 heteroatoms. The fourth-order valence-corrected chi connectivity index (χ4v) is 3.13. The largest absolute Gasteiger partial charge is 0.484 e. The maximum absolute atomic E-state index is 12.7. The van der Waals surface area contributed by atoms with Gasteiger partial charge in [0.2, 0.25) is 5.78 Å². The van der Waals surface area contributed by atoms with E-state index in [-0.39, 0.29) is 28.8 Å². The Morgan fingerprint density at radius 3 is 2.48 bits per heavy atom. The molecule has 0 aliphatic rings. The number of anilines is 1. The van der Waals surface area contributed by atoms with E-state index in [1.54, 1.807) is 24.3 Å². The molecule has 0 aliphatic carbocycles. The van der Waals surface area contributed by atoms with Gasteiger partial charge in [-0.25, -0.2) is 4.79 Å². The number of nitrogens with zero attached hydrogens (tertiary/aromatic N) is 3. The van der Waals surface area contributed by atoms with E-state index in [9.17, 15) is 24.5 Å². The molecule has 0 amide bonds. The Morgan fingerprint density at radius 2 is 1.87 bits per heavy atom. The first-order chi connectivity index (χ1) is 14.7. The minimum absolute atomic E-state index is 0.0219. The first kappa shape index (κ1) is 21.8. The van der Waals surface area contributed by atoms with Gasteiger partial charge in [0, 0.05) is 19.2 Å². The van der Waals surface area contributed by atoms with Crippen molar-refractivity contribution < 1.29 is 14.5 Å². The summed E-state index contributed by atoms with van der Waals surface area (Å²) in [6.45, 7) is -0.546. The van der Waals surface area contributed by atoms with Gasteiger partial charge in [-0.2, -0.15) is 0 Å².